The van der Waals surface area contributed by atoms with E-state index in [0.29, 0.717) is 23.3 Å². The van der Waals surface area contributed by atoms with Crippen molar-refractivity contribution >= 4 is 5.91 Å². The van der Waals surface area contributed by atoms with Gasteiger partial charge in [0.2, 0.25) is 0 Å². The molecular formula is C17H21NO2. The summed E-state index contributed by atoms with van der Waals surface area (Å²) in [5, 5.41) is 14.1. The predicted octanol–water partition coefficient (Wildman–Crippen LogP) is 2.36. The van der Waals surface area contributed by atoms with Crippen LogP contribution in [-0.2, 0) is 0 Å². The van der Waals surface area contributed by atoms with Gasteiger partial charge in [-0.15, -0.1) is 0 Å². The van der Waals surface area contributed by atoms with Crippen LogP contribution in [0.25, 0.3) is 0 Å². The Bertz CT molecular complexity index is 513. The second-order valence-electron chi connectivity index (χ2n) is 7.03. The topological polar surface area (TPSA) is 49.3 Å². The van der Waals surface area contributed by atoms with Crippen LogP contribution in [0, 0.1) is 17.8 Å². The third kappa shape index (κ3) is 1.87. The molecule has 1 amide bonds. The Morgan fingerprint density at radius 3 is 2.35 bits per heavy atom. The largest absolute Gasteiger partial charge is 0.388 e. The third-order valence-corrected chi connectivity index (χ3v) is 5.60. The summed E-state index contributed by atoms with van der Waals surface area (Å²) >= 11 is 0. The van der Waals surface area contributed by atoms with Gasteiger partial charge in [0.05, 0.1) is 11.6 Å². The molecule has 3 atom stereocenters. The number of carbonyl (C=O) groups is 1. The SMILES string of the molecule is O=C(NC1C2CC3CC(C2)CC1(O)C3)c1ccccc1. The second-order valence-corrected chi connectivity index (χ2v) is 7.03. The van der Waals surface area contributed by atoms with E-state index in [-0.39, 0.29) is 11.9 Å². The average molecular weight is 271 g/mol. The highest BCUT2D eigenvalue weighted by Gasteiger charge is 2.56. The first kappa shape index (κ1) is 12.4. The molecule has 4 fully saturated rings. The van der Waals surface area contributed by atoms with Crippen LogP contribution in [0.4, 0.5) is 0 Å². The van der Waals surface area contributed by atoms with Crippen molar-refractivity contribution in [2.24, 2.45) is 17.8 Å². The molecule has 1 aromatic carbocycles. The van der Waals surface area contributed by atoms with Crippen molar-refractivity contribution < 1.29 is 9.90 Å². The molecule has 5 rings (SSSR count). The molecule has 0 radical (unpaired) electrons. The van der Waals surface area contributed by atoms with Crippen LogP contribution in [0.2, 0.25) is 0 Å². The fourth-order valence-electron chi connectivity index (χ4n) is 5.06. The molecule has 20 heavy (non-hydrogen) atoms. The summed E-state index contributed by atoms with van der Waals surface area (Å²) < 4.78 is 0. The lowest BCUT2D eigenvalue weighted by atomic mass is 9.52. The van der Waals surface area contributed by atoms with E-state index in [4.69, 9.17) is 0 Å². The van der Waals surface area contributed by atoms with Crippen molar-refractivity contribution in [1.29, 1.82) is 0 Å². The highest BCUT2D eigenvalue weighted by Crippen LogP contribution is 2.55. The van der Waals surface area contributed by atoms with Crippen LogP contribution in [0.1, 0.15) is 42.5 Å². The molecule has 4 saturated carbocycles. The van der Waals surface area contributed by atoms with E-state index in [1.807, 2.05) is 30.3 Å². The Hall–Kier alpha value is -1.35. The van der Waals surface area contributed by atoms with Crippen molar-refractivity contribution in [3.8, 4) is 0 Å². The lowest BCUT2D eigenvalue weighted by molar-refractivity contribution is -0.146. The zero-order valence-electron chi connectivity index (χ0n) is 11.6. The minimum atomic E-state index is -0.654. The summed E-state index contributed by atoms with van der Waals surface area (Å²) in [6, 6.07) is 9.27. The Morgan fingerprint density at radius 2 is 1.75 bits per heavy atom. The van der Waals surface area contributed by atoms with Crippen LogP contribution >= 0.6 is 0 Å². The molecule has 0 aromatic heterocycles. The van der Waals surface area contributed by atoms with Crippen LogP contribution in [0.5, 0.6) is 0 Å². The number of hydrogen-bond acceptors (Lipinski definition) is 2. The van der Waals surface area contributed by atoms with Gasteiger partial charge in [-0.25, -0.2) is 0 Å². The van der Waals surface area contributed by atoms with Gasteiger partial charge in [-0.2, -0.15) is 0 Å². The molecule has 1 aromatic rings. The van der Waals surface area contributed by atoms with E-state index < -0.39 is 5.60 Å². The molecular weight excluding hydrogens is 250 g/mol. The molecule has 3 heteroatoms. The van der Waals surface area contributed by atoms with Gasteiger partial charge in [0.15, 0.2) is 0 Å². The minimum Gasteiger partial charge on any atom is -0.388 e. The van der Waals surface area contributed by atoms with Gasteiger partial charge in [-0.05, 0) is 62.0 Å². The average Bonchev–Trinajstić information content (AvgIpc) is 2.42. The molecule has 0 heterocycles. The van der Waals surface area contributed by atoms with Crippen molar-refractivity contribution in [1.82, 2.24) is 5.32 Å². The fraction of sp³-hybridized carbons (Fsp3) is 0.588. The smallest absolute Gasteiger partial charge is 0.251 e. The standard InChI is InChI=1S/C17H21NO2/c19-16(13-4-2-1-3-5-13)18-15-14-7-11-6-12(8-14)10-17(15,20)9-11/h1-5,11-12,14-15,20H,6-10H2,(H,18,19). The predicted molar refractivity (Wildman–Crippen MR) is 76.2 cm³/mol. The number of benzene rings is 1. The Morgan fingerprint density at radius 1 is 1.10 bits per heavy atom. The molecule has 4 bridgehead atoms. The number of nitrogens with one attached hydrogen (secondary N) is 1. The molecule has 0 saturated heterocycles. The van der Waals surface area contributed by atoms with Gasteiger partial charge in [-0.3, -0.25) is 4.79 Å². The van der Waals surface area contributed by atoms with Crippen molar-refractivity contribution in [3.63, 3.8) is 0 Å². The number of aliphatic hydroxyl groups is 1. The number of hydrogen-bond donors (Lipinski definition) is 2. The lowest BCUT2D eigenvalue weighted by Gasteiger charge is -2.58. The first-order valence-electron chi connectivity index (χ1n) is 7.72. The summed E-state index contributed by atoms with van der Waals surface area (Å²) in [5.74, 6) is 1.79. The van der Waals surface area contributed by atoms with Gasteiger partial charge >= 0.3 is 0 Å². The maximum atomic E-state index is 12.4. The quantitative estimate of drug-likeness (QED) is 0.867. The number of rotatable bonds is 2. The highest BCUT2D eigenvalue weighted by molar-refractivity contribution is 5.94. The molecule has 3 nitrogen and oxygen atoms in total. The van der Waals surface area contributed by atoms with Crippen LogP contribution < -0.4 is 5.32 Å². The Labute approximate surface area is 119 Å². The van der Waals surface area contributed by atoms with Crippen molar-refractivity contribution in [2.75, 3.05) is 0 Å². The highest BCUT2D eigenvalue weighted by atomic mass is 16.3. The molecule has 0 aliphatic heterocycles. The van der Waals surface area contributed by atoms with Crippen molar-refractivity contribution in [2.45, 2.75) is 43.7 Å². The van der Waals surface area contributed by atoms with Crippen molar-refractivity contribution in [3.05, 3.63) is 35.9 Å². The summed E-state index contributed by atoms with van der Waals surface area (Å²) in [6.07, 6.45) is 5.40. The van der Waals surface area contributed by atoms with Gasteiger partial charge in [0.1, 0.15) is 0 Å². The first-order valence-corrected chi connectivity index (χ1v) is 7.72. The molecule has 4 aliphatic rings. The molecule has 106 valence electrons. The van der Waals surface area contributed by atoms with Gasteiger partial charge < -0.3 is 10.4 Å². The maximum Gasteiger partial charge on any atom is 0.251 e. The lowest BCUT2D eigenvalue weighted by Crippen LogP contribution is -2.66. The van der Waals surface area contributed by atoms with Crippen LogP contribution in [-0.4, -0.2) is 22.7 Å². The monoisotopic (exact) mass is 271 g/mol. The van der Waals surface area contributed by atoms with E-state index >= 15 is 0 Å². The van der Waals surface area contributed by atoms with Crippen LogP contribution in [0.15, 0.2) is 30.3 Å². The van der Waals surface area contributed by atoms with Gasteiger partial charge in [0, 0.05) is 5.56 Å². The zero-order chi connectivity index (χ0) is 13.7. The summed E-state index contributed by atoms with van der Waals surface area (Å²) in [6.45, 7) is 0. The Kier molecular flexibility index (Phi) is 2.68. The minimum absolute atomic E-state index is 0.0449. The second kappa shape index (κ2) is 4.32. The number of carbonyl (C=O) groups excluding carboxylic acids is 1. The van der Waals surface area contributed by atoms with E-state index in [2.05, 4.69) is 5.32 Å². The molecule has 3 unspecified atom stereocenters. The zero-order valence-corrected chi connectivity index (χ0v) is 11.6. The van der Waals surface area contributed by atoms with Gasteiger partial charge in [-0.1, -0.05) is 18.2 Å². The van der Waals surface area contributed by atoms with E-state index in [1.165, 1.54) is 19.3 Å². The maximum absolute atomic E-state index is 12.4. The van der Waals surface area contributed by atoms with E-state index in [1.54, 1.807) is 0 Å². The van der Waals surface area contributed by atoms with E-state index in [0.717, 1.165) is 12.8 Å². The molecule has 4 aliphatic carbocycles. The summed E-state index contributed by atoms with van der Waals surface area (Å²) in [7, 11) is 0. The van der Waals surface area contributed by atoms with Crippen LogP contribution in [0.3, 0.4) is 0 Å². The van der Waals surface area contributed by atoms with Gasteiger partial charge in [0.25, 0.3) is 5.91 Å². The Balaban J connectivity index is 1.55. The summed E-state index contributed by atoms with van der Waals surface area (Å²) in [4.78, 5) is 12.4. The molecule has 2 N–H and O–H groups in total. The molecule has 0 spiro atoms. The summed E-state index contributed by atoms with van der Waals surface area (Å²) in [5.41, 5.74) is 0.0315. The number of amides is 1. The fourth-order valence-corrected chi connectivity index (χ4v) is 5.06. The third-order valence-electron chi connectivity index (χ3n) is 5.60. The first-order chi connectivity index (χ1) is 9.64. The van der Waals surface area contributed by atoms with E-state index in [9.17, 15) is 9.90 Å². The normalized spacial score (nSPS) is 41.6.